The third kappa shape index (κ3) is 40.8. The third-order valence-corrected chi connectivity index (χ3v) is 10.4. The summed E-state index contributed by atoms with van der Waals surface area (Å²) in [5.41, 5.74) is 0. The summed E-state index contributed by atoms with van der Waals surface area (Å²) in [6.07, 6.45) is 36.9. The Balaban J connectivity index is 4.52. The molecule has 0 aromatic heterocycles. The van der Waals surface area contributed by atoms with Crippen LogP contribution in [0.4, 0.5) is 0 Å². The van der Waals surface area contributed by atoms with Gasteiger partial charge in [-0.3, -0.25) is 13.8 Å². The van der Waals surface area contributed by atoms with Crippen LogP contribution in [0.3, 0.4) is 0 Å². The molecule has 58 heavy (non-hydrogen) atoms. The maximum Gasteiger partial charge on any atom is 0.472 e. The number of ether oxygens (including phenoxy) is 2. The zero-order chi connectivity index (χ0) is 43.2. The van der Waals surface area contributed by atoms with E-state index < -0.39 is 38.2 Å². The number of likely N-dealkylation sites (N-methyl/N-ethyl adjacent to an activating group) is 1. The monoisotopic (exact) mass is 843 g/mol. The van der Waals surface area contributed by atoms with Crippen molar-refractivity contribution in [3.63, 3.8) is 0 Å². The van der Waals surface area contributed by atoms with Crippen molar-refractivity contribution in [2.75, 3.05) is 54.1 Å². The molecule has 0 radical (unpaired) electrons. The summed E-state index contributed by atoms with van der Waals surface area (Å²) in [6, 6.07) is 0. The summed E-state index contributed by atoms with van der Waals surface area (Å²) in [7, 11) is 1.48. The maximum atomic E-state index is 12.7. The van der Waals surface area contributed by atoms with Crippen LogP contribution in [-0.4, -0.2) is 109 Å². The first-order chi connectivity index (χ1) is 27.8. The lowest BCUT2D eigenvalue weighted by Crippen LogP contribution is -2.37. The Bertz CT molecular complexity index is 1170. The molecule has 0 heterocycles. The average molecular weight is 843 g/mol. The van der Waals surface area contributed by atoms with E-state index in [0.29, 0.717) is 43.3 Å². The molecule has 12 heteroatoms. The van der Waals surface area contributed by atoms with Crippen LogP contribution in [0.25, 0.3) is 0 Å². The molecule has 5 unspecified atom stereocenters. The number of hydrogen-bond donors (Lipinski definition) is 4. The lowest BCUT2D eigenvalue weighted by atomic mass is 10.0. The number of phosphoric acid groups is 1. The van der Waals surface area contributed by atoms with Crippen LogP contribution < -0.4 is 0 Å². The molecular weight excluding hydrogens is 757 g/mol. The predicted octanol–water partition coefficient (Wildman–Crippen LogP) is 9.85. The number of carbonyl (C=O) groups is 1. The molecule has 4 N–H and O–H groups in total. The molecule has 0 fully saturated rings. The van der Waals surface area contributed by atoms with Gasteiger partial charge in [-0.2, -0.15) is 0 Å². The zero-order valence-electron chi connectivity index (χ0n) is 37.1. The van der Waals surface area contributed by atoms with Crippen molar-refractivity contribution in [2.45, 2.75) is 173 Å². The van der Waals surface area contributed by atoms with Crippen molar-refractivity contribution in [3.8, 4) is 0 Å². The number of allylic oxidation sites excluding steroid dienone is 6. The lowest BCUT2D eigenvalue weighted by molar-refractivity contribution is -0.870. The molecular formula is C46H85NO10P+. The molecule has 0 aromatic rings. The molecule has 0 saturated carbocycles. The fourth-order valence-electron chi connectivity index (χ4n) is 5.74. The Morgan fingerprint density at radius 2 is 1.14 bits per heavy atom. The zero-order valence-corrected chi connectivity index (χ0v) is 38.0. The van der Waals surface area contributed by atoms with Crippen LogP contribution in [0, 0.1) is 0 Å². The van der Waals surface area contributed by atoms with Gasteiger partial charge in [0.25, 0.3) is 0 Å². The van der Waals surface area contributed by atoms with Crippen molar-refractivity contribution in [2.24, 2.45) is 0 Å². The molecule has 0 amide bonds. The van der Waals surface area contributed by atoms with Gasteiger partial charge in [0, 0.05) is 13.0 Å². The minimum Gasteiger partial charge on any atom is -0.457 e. The number of esters is 1. The largest absolute Gasteiger partial charge is 0.472 e. The van der Waals surface area contributed by atoms with E-state index in [1.54, 1.807) is 54.7 Å². The molecule has 0 aliphatic rings. The highest BCUT2D eigenvalue weighted by Crippen LogP contribution is 2.43. The van der Waals surface area contributed by atoms with Gasteiger partial charge in [-0.15, -0.1) is 0 Å². The first-order valence-electron chi connectivity index (χ1n) is 22.4. The molecule has 0 aliphatic carbocycles. The van der Waals surface area contributed by atoms with E-state index in [1.165, 1.54) is 83.5 Å². The van der Waals surface area contributed by atoms with Crippen LogP contribution in [0.15, 0.2) is 60.8 Å². The number of unbranched alkanes of at least 4 members (excludes halogenated alkanes) is 15. The van der Waals surface area contributed by atoms with Gasteiger partial charge in [0.15, 0.2) is 0 Å². The molecule has 0 aromatic carbocycles. The summed E-state index contributed by atoms with van der Waals surface area (Å²) in [5, 5.41) is 29.8. The summed E-state index contributed by atoms with van der Waals surface area (Å²) >= 11 is 0. The summed E-state index contributed by atoms with van der Waals surface area (Å²) in [4.78, 5) is 22.9. The molecule has 0 bridgehead atoms. The smallest absolute Gasteiger partial charge is 0.457 e. The van der Waals surface area contributed by atoms with Crippen LogP contribution in [0.5, 0.6) is 0 Å². The van der Waals surface area contributed by atoms with E-state index in [2.05, 4.69) is 6.92 Å². The molecule has 5 atom stereocenters. The van der Waals surface area contributed by atoms with E-state index in [-0.39, 0.29) is 26.2 Å². The van der Waals surface area contributed by atoms with Gasteiger partial charge in [-0.05, 0) is 32.1 Å². The van der Waals surface area contributed by atoms with Gasteiger partial charge in [-0.1, -0.05) is 171 Å². The Kier molecular flexibility index (Phi) is 36.8. The molecule has 0 rings (SSSR count). The first-order valence-corrected chi connectivity index (χ1v) is 23.9. The minimum absolute atomic E-state index is 0.0324. The van der Waals surface area contributed by atoms with E-state index in [9.17, 15) is 29.6 Å². The fraction of sp³-hybridized carbons (Fsp3) is 0.761. The van der Waals surface area contributed by atoms with Crippen LogP contribution in [-0.2, 0) is 27.9 Å². The van der Waals surface area contributed by atoms with Crippen molar-refractivity contribution in [1.82, 2.24) is 0 Å². The second-order valence-electron chi connectivity index (χ2n) is 16.3. The normalized spacial score (nSPS) is 15.9. The van der Waals surface area contributed by atoms with Crippen LogP contribution in [0.2, 0.25) is 0 Å². The minimum atomic E-state index is -4.35. The first kappa shape index (κ1) is 56.1. The highest BCUT2D eigenvalue weighted by atomic mass is 31.2. The lowest BCUT2D eigenvalue weighted by Gasteiger charge is -2.24. The number of aliphatic hydroxyl groups is 3. The van der Waals surface area contributed by atoms with Crippen LogP contribution >= 0.6 is 7.82 Å². The molecule has 11 nitrogen and oxygen atoms in total. The summed E-state index contributed by atoms with van der Waals surface area (Å²) in [5.74, 6) is -0.512. The predicted molar refractivity (Wildman–Crippen MR) is 237 cm³/mol. The number of hydrogen-bond acceptors (Lipinski definition) is 9. The Hall–Kier alpha value is -1.92. The number of rotatable bonds is 40. The van der Waals surface area contributed by atoms with E-state index in [1.807, 2.05) is 34.1 Å². The SMILES string of the molecule is CCCCCCCCCCCCCCCCCCOCC(COP(=O)(O)OCC[N+](C)(C)C)OC(=O)CCCC(O)/C=C/C=C\C=C\C(O)C/C=C\C=C\C(O)CC. The van der Waals surface area contributed by atoms with E-state index >= 15 is 0 Å². The van der Waals surface area contributed by atoms with Gasteiger partial charge in [0.1, 0.15) is 19.3 Å². The number of nitrogens with zero attached hydrogens (tertiary/aromatic N) is 1. The van der Waals surface area contributed by atoms with Crippen LogP contribution in [0.1, 0.15) is 149 Å². The number of carbonyl (C=O) groups excluding carboxylic acids is 1. The van der Waals surface area contributed by atoms with E-state index in [0.717, 1.165) is 19.3 Å². The number of aliphatic hydroxyl groups excluding tert-OH is 3. The maximum absolute atomic E-state index is 12.7. The number of phosphoric ester groups is 1. The topological polar surface area (TPSA) is 152 Å². The Morgan fingerprint density at radius 3 is 1.69 bits per heavy atom. The van der Waals surface area contributed by atoms with Gasteiger partial charge in [0.05, 0.1) is 52.7 Å². The van der Waals surface area contributed by atoms with Crippen molar-refractivity contribution in [3.05, 3.63) is 60.8 Å². The second kappa shape index (κ2) is 38.0. The summed E-state index contributed by atoms with van der Waals surface area (Å²) < 4.78 is 34.8. The molecule has 0 spiro atoms. The Labute approximate surface area is 353 Å². The standard InChI is InChI=1S/C46H84NO10P/c1-6-8-9-10-11-12-13-14-15-16-17-18-19-20-23-29-38-54-40-45(41-56-58(52,53)55-39-37-47(3,4)5)57-46(51)36-30-35-44(50)33-26-22-21-25-32-43(49)34-28-24-27-31-42(48)7-2/h21-22,24-28,31-33,42-45,48-50H,6-20,23,29-30,34-41H2,1-5H3/p+1/b22-21-,28-24-,31-27+,32-25+,33-26+. The highest BCUT2D eigenvalue weighted by Gasteiger charge is 2.26. The van der Waals surface area contributed by atoms with Crippen molar-refractivity contribution < 1.29 is 52.6 Å². The molecule has 338 valence electrons. The summed E-state index contributed by atoms with van der Waals surface area (Å²) in [6.45, 7) is 4.89. The van der Waals surface area contributed by atoms with Gasteiger partial charge >= 0.3 is 13.8 Å². The van der Waals surface area contributed by atoms with Crippen molar-refractivity contribution >= 4 is 13.8 Å². The Morgan fingerprint density at radius 1 is 0.621 bits per heavy atom. The van der Waals surface area contributed by atoms with Crippen molar-refractivity contribution in [1.29, 1.82) is 0 Å². The van der Waals surface area contributed by atoms with Gasteiger partial charge in [0.2, 0.25) is 0 Å². The quantitative estimate of drug-likeness (QED) is 0.0154. The molecule has 0 aliphatic heterocycles. The highest BCUT2D eigenvalue weighted by molar-refractivity contribution is 7.47. The molecule has 0 saturated heterocycles. The second-order valence-corrected chi connectivity index (χ2v) is 17.8. The average Bonchev–Trinajstić information content (AvgIpc) is 3.16. The van der Waals surface area contributed by atoms with E-state index in [4.69, 9.17) is 18.5 Å². The van der Waals surface area contributed by atoms with Gasteiger partial charge in [-0.25, -0.2) is 4.57 Å². The van der Waals surface area contributed by atoms with Gasteiger partial charge < -0.3 is 34.2 Å². The number of quaternary nitrogens is 1. The fourth-order valence-corrected chi connectivity index (χ4v) is 6.48. The third-order valence-electron chi connectivity index (χ3n) is 9.44.